The molecule has 0 radical (unpaired) electrons. The van der Waals surface area contributed by atoms with Gasteiger partial charge in [0, 0.05) is 4.47 Å². The van der Waals surface area contributed by atoms with Gasteiger partial charge in [0.15, 0.2) is 0 Å². The number of halogens is 1. The van der Waals surface area contributed by atoms with Crippen molar-refractivity contribution < 1.29 is 19.4 Å². The quantitative estimate of drug-likeness (QED) is 0.853. The van der Waals surface area contributed by atoms with Crippen LogP contribution in [0, 0.1) is 0 Å². The van der Waals surface area contributed by atoms with E-state index in [-0.39, 0.29) is 5.56 Å². The lowest BCUT2D eigenvalue weighted by Crippen LogP contribution is -2.24. The zero-order valence-electron chi connectivity index (χ0n) is 9.78. The summed E-state index contributed by atoms with van der Waals surface area (Å²) in [5.74, 6) is -1.53. The molecule has 1 aromatic rings. The monoisotopic (exact) mass is 300 g/mol. The number of rotatable bonds is 2. The van der Waals surface area contributed by atoms with Crippen LogP contribution in [0.1, 0.15) is 41.5 Å². The van der Waals surface area contributed by atoms with Gasteiger partial charge in [0.05, 0.1) is 11.1 Å². The summed E-state index contributed by atoms with van der Waals surface area (Å²) in [6.45, 7) is 5.30. The lowest BCUT2D eigenvalue weighted by molar-refractivity contribution is 0.00681. The molecule has 0 amide bonds. The Hall–Kier alpha value is -1.36. The van der Waals surface area contributed by atoms with E-state index >= 15 is 0 Å². The Balaban J connectivity index is 3.00. The summed E-state index contributed by atoms with van der Waals surface area (Å²) in [6, 6.07) is 4.18. The third-order valence-electron chi connectivity index (χ3n) is 1.83. The molecule has 1 rings (SSSR count). The van der Waals surface area contributed by atoms with E-state index in [1.54, 1.807) is 20.8 Å². The SMILES string of the molecule is CC(C)(C)OC(=O)c1ccc(C(=O)O)cc1Br. The molecular formula is C12H13BrO4. The van der Waals surface area contributed by atoms with Crippen LogP contribution >= 0.6 is 15.9 Å². The highest BCUT2D eigenvalue weighted by Crippen LogP contribution is 2.21. The zero-order valence-corrected chi connectivity index (χ0v) is 11.4. The first kappa shape index (κ1) is 13.7. The smallest absolute Gasteiger partial charge is 0.339 e. The Bertz CT molecular complexity index is 460. The Kier molecular flexibility index (Phi) is 3.93. The van der Waals surface area contributed by atoms with Gasteiger partial charge in [-0.3, -0.25) is 0 Å². The van der Waals surface area contributed by atoms with Crippen molar-refractivity contribution >= 4 is 27.9 Å². The van der Waals surface area contributed by atoms with E-state index in [1.807, 2.05) is 0 Å². The van der Waals surface area contributed by atoms with Gasteiger partial charge in [0.2, 0.25) is 0 Å². The number of carboxylic acid groups (broad SMARTS) is 1. The Labute approximate surface area is 108 Å². The Morgan fingerprint density at radius 2 is 1.88 bits per heavy atom. The summed E-state index contributed by atoms with van der Waals surface area (Å²) >= 11 is 3.16. The predicted octanol–water partition coefficient (Wildman–Crippen LogP) is 3.10. The Morgan fingerprint density at radius 3 is 2.29 bits per heavy atom. The van der Waals surface area contributed by atoms with Crippen molar-refractivity contribution in [3.8, 4) is 0 Å². The van der Waals surface area contributed by atoms with E-state index in [0.29, 0.717) is 10.0 Å². The van der Waals surface area contributed by atoms with Crippen LogP contribution in [0.25, 0.3) is 0 Å². The van der Waals surface area contributed by atoms with Gasteiger partial charge in [-0.2, -0.15) is 0 Å². The summed E-state index contributed by atoms with van der Waals surface area (Å²) in [7, 11) is 0. The minimum absolute atomic E-state index is 0.115. The second kappa shape index (κ2) is 4.87. The number of aromatic carboxylic acids is 1. The zero-order chi connectivity index (χ0) is 13.2. The molecule has 17 heavy (non-hydrogen) atoms. The second-order valence-electron chi connectivity index (χ2n) is 4.50. The maximum atomic E-state index is 11.8. The van der Waals surface area contributed by atoms with Crippen molar-refractivity contribution in [2.45, 2.75) is 26.4 Å². The van der Waals surface area contributed by atoms with Crippen molar-refractivity contribution in [2.24, 2.45) is 0 Å². The van der Waals surface area contributed by atoms with Gasteiger partial charge in [0.1, 0.15) is 5.60 Å². The van der Waals surface area contributed by atoms with E-state index in [4.69, 9.17) is 9.84 Å². The van der Waals surface area contributed by atoms with Gasteiger partial charge in [0.25, 0.3) is 0 Å². The molecule has 0 spiro atoms. The fourth-order valence-electron chi connectivity index (χ4n) is 1.15. The third-order valence-corrected chi connectivity index (χ3v) is 2.49. The highest BCUT2D eigenvalue weighted by atomic mass is 79.9. The van der Waals surface area contributed by atoms with Gasteiger partial charge >= 0.3 is 11.9 Å². The number of carboxylic acids is 1. The van der Waals surface area contributed by atoms with Crippen LogP contribution in [-0.2, 0) is 4.74 Å². The molecular weight excluding hydrogens is 288 g/mol. The molecule has 0 saturated carbocycles. The fourth-order valence-corrected chi connectivity index (χ4v) is 1.69. The highest BCUT2D eigenvalue weighted by molar-refractivity contribution is 9.10. The summed E-state index contributed by atoms with van der Waals surface area (Å²) in [5, 5.41) is 8.79. The third kappa shape index (κ3) is 3.85. The van der Waals surface area contributed by atoms with E-state index in [2.05, 4.69) is 15.9 Å². The second-order valence-corrected chi connectivity index (χ2v) is 5.36. The van der Waals surface area contributed by atoms with Crippen LogP contribution in [0.15, 0.2) is 22.7 Å². The number of hydrogen-bond donors (Lipinski definition) is 1. The van der Waals surface area contributed by atoms with Crippen LogP contribution in [0.5, 0.6) is 0 Å². The molecule has 1 N–H and O–H groups in total. The van der Waals surface area contributed by atoms with Gasteiger partial charge < -0.3 is 9.84 Å². The van der Waals surface area contributed by atoms with Crippen LogP contribution in [0.2, 0.25) is 0 Å². The molecule has 92 valence electrons. The van der Waals surface area contributed by atoms with Crippen LogP contribution in [-0.4, -0.2) is 22.6 Å². The largest absolute Gasteiger partial charge is 0.478 e. The maximum absolute atomic E-state index is 11.8. The van der Waals surface area contributed by atoms with Crippen molar-refractivity contribution in [3.63, 3.8) is 0 Å². The fraction of sp³-hybridized carbons (Fsp3) is 0.333. The number of benzene rings is 1. The molecule has 4 nitrogen and oxygen atoms in total. The van der Waals surface area contributed by atoms with E-state index in [9.17, 15) is 9.59 Å². The molecule has 0 aliphatic heterocycles. The van der Waals surface area contributed by atoms with E-state index < -0.39 is 17.5 Å². The average molecular weight is 301 g/mol. The summed E-state index contributed by atoms with van der Waals surface area (Å²) in [5.41, 5.74) is -0.156. The van der Waals surface area contributed by atoms with Crippen LogP contribution in [0.3, 0.4) is 0 Å². The minimum atomic E-state index is -1.04. The van der Waals surface area contributed by atoms with E-state index in [0.717, 1.165) is 0 Å². The van der Waals surface area contributed by atoms with E-state index in [1.165, 1.54) is 18.2 Å². The number of carbonyl (C=O) groups excluding carboxylic acids is 1. The standard InChI is InChI=1S/C12H13BrO4/c1-12(2,3)17-11(16)8-5-4-7(10(14)15)6-9(8)13/h4-6H,1-3H3,(H,14,15). The van der Waals surface area contributed by atoms with Gasteiger partial charge in [-0.1, -0.05) is 0 Å². The van der Waals surface area contributed by atoms with Gasteiger partial charge in [-0.05, 0) is 54.9 Å². The Morgan fingerprint density at radius 1 is 1.29 bits per heavy atom. The van der Waals surface area contributed by atoms with Crippen LogP contribution in [0.4, 0.5) is 0 Å². The summed E-state index contributed by atoms with van der Waals surface area (Å²) in [6.07, 6.45) is 0. The van der Waals surface area contributed by atoms with Gasteiger partial charge in [-0.25, -0.2) is 9.59 Å². The number of ether oxygens (including phenoxy) is 1. The molecule has 0 unspecified atom stereocenters. The molecule has 0 saturated heterocycles. The van der Waals surface area contributed by atoms with Crippen molar-refractivity contribution in [1.29, 1.82) is 0 Å². The summed E-state index contributed by atoms with van der Waals surface area (Å²) < 4.78 is 5.60. The number of hydrogen-bond acceptors (Lipinski definition) is 3. The highest BCUT2D eigenvalue weighted by Gasteiger charge is 2.20. The number of esters is 1. The average Bonchev–Trinajstić information content (AvgIpc) is 2.14. The minimum Gasteiger partial charge on any atom is -0.478 e. The lowest BCUT2D eigenvalue weighted by atomic mass is 10.1. The first-order valence-electron chi connectivity index (χ1n) is 4.97. The summed E-state index contributed by atoms with van der Waals surface area (Å²) in [4.78, 5) is 22.5. The predicted molar refractivity (Wildman–Crippen MR) is 66.3 cm³/mol. The number of carbonyl (C=O) groups is 2. The normalized spacial score (nSPS) is 11.1. The van der Waals surface area contributed by atoms with Crippen molar-refractivity contribution in [1.82, 2.24) is 0 Å². The first-order chi connectivity index (χ1) is 7.70. The molecule has 5 heteroatoms. The lowest BCUT2D eigenvalue weighted by Gasteiger charge is -2.19. The molecule has 1 aromatic carbocycles. The maximum Gasteiger partial charge on any atom is 0.339 e. The molecule has 0 atom stereocenters. The molecule has 0 bridgehead atoms. The molecule has 0 aromatic heterocycles. The van der Waals surface area contributed by atoms with Crippen molar-refractivity contribution in [2.75, 3.05) is 0 Å². The molecule has 0 aliphatic carbocycles. The molecule has 0 heterocycles. The first-order valence-corrected chi connectivity index (χ1v) is 5.76. The molecule has 0 aliphatic rings. The van der Waals surface area contributed by atoms with Crippen molar-refractivity contribution in [3.05, 3.63) is 33.8 Å². The van der Waals surface area contributed by atoms with Gasteiger partial charge in [-0.15, -0.1) is 0 Å². The topological polar surface area (TPSA) is 63.6 Å². The molecule has 0 fully saturated rings. The van der Waals surface area contributed by atoms with Crippen LogP contribution < -0.4 is 0 Å².